The number of aromatic nitrogens is 3. The van der Waals surface area contributed by atoms with Crippen molar-refractivity contribution in [2.75, 3.05) is 19.6 Å². The monoisotopic (exact) mass is 533 g/mol. The molecule has 0 unspecified atom stereocenters. The van der Waals surface area contributed by atoms with Crippen molar-refractivity contribution < 1.29 is 19.8 Å². The molecule has 3 aromatic rings. The molecule has 4 heterocycles. The van der Waals surface area contributed by atoms with Crippen molar-refractivity contribution in [2.45, 2.75) is 44.1 Å². The molecule has 2 aromatic heterocycles. The maximum Gasteiger partial charge on any atom is 0.256 e. The van der Waals surface area contributed by atoms with E-state index in [1.165, 1.54) is 24.8 Å². The molecule has 1 fully saturated rings. The van der Waals surface area contributed by atoms with Crippen molar-refractivity contribution in [3.8, 4) is 17.2 Å². The molecule has 0 radical (unpaired) electrons. The number of phenols is 1. The van der Waals surface area contributed by atoms with Crippen LogP contribution in [-0.2, 0) is 17.6 Å². The third kappa shape index (κ3) is 4.01. The van der Waals surface area contributed by atoms with E-state index in [4.69, 9.17) is 16.7 Å². The van der Waals surface area contributed by atoms with E-state index in [0.29, 0.717) is 37.5 Å². The highest BCUT2D eigenvalue weighted by atomic mass is 35.5. The fraction of sp³-hybridized carbons (Fsp3) is 0.357. The molecule has 2 aliphatic heterocycles. The van der Waals surface area contributed by atoms with Gasteiger partial charge in [0, 0.05) is 44.2 Å². The van der Waals surface area contributed by atoms with Gasteiger partial charge in [-0.1, -0.05) is 30.7 Å². The Labute approximate surface area is 225 Å². The number of aromatic hydroxyl groups is 2. The SMILES string of the molecule is C=CC(=O)N1CCc2nn(-c3ccc(C4CCC4)cc3O)c3c2[C@H](C1)N(C(=O)c1cnc(Cl)c(O)c1)CC3. The zero-order valence-corrected chi connectivity index (χ0v) is 21.6. The minimum atomic E-state index is -0.462. The van der Waals surface area contributed by atoms with E-state index >= 15 is 0 Å². The molecule has 1 aromatic carbocycles. The molecule has 6 rings (SSSR count). The second-order valence-electron chi connectivity index (χ2n) is 10.1. The second kappa shape index (κ2) is 9.47. The average Bonchev–Trinajstić information content (AvgIpc) is 3.13. The number of amides is 2. The number of rotatable bonds is 4. The molecule has 1 saturated carbocycles. The Hall–Kier alpha value is -3.85. The highest BCUT2D eigenvalue weighted by molar-refractivity contribution is 6.30. The van der Waals surface area contributed by atoms with Gasteiger partial charge in [0.1, 0.15) is 11.4 Å². The maximum absolute atomic E-state index is 13.6. The van der Waals surface area contributed by atoms with Gasteiger partial charge in [-0.3, -0.25) is 9.59 Å². The largest absolute Gasteiger partial charge is 0.506 e. The van der Waals surface area contributed by atoms with Crippen molar-refractivity contribution in [1.29, 1.82) is 0 Å². The summed E-state index contributed by atoms with van der Waals surface area (Å²) in [5.74, 6) is -0.114. The predicted molar refractivity (Wildman–Crippen MR) is 141 cm³/mol. The number of halogens is 1. The van der Waals surface area contributed by atoms with Crippen LogP contribution in [0.4, 0.5) is 0 Å². The number of carbonyl (C=O) groups is 2. The van der Waals surface area contributed by atoms with Crippen LogP contribution in [0.3, 0.4) is 0 Å². The normalized spacial score (nSPS) is 18.9. The minimum absolute atomic E-state index is 0.0774. The number of pyridine rings is 1. The molecule has 0 spiro atoms. The van der Waals surface area contributed by atoms with Crippen LogP contribution in [0.2, 0.25) is 5.15 Å². The van der Waals surface area contributed by atoms with Crippen LogP contribution in [0.1, 0.15) is 64.1 Å². The Morgan fingerprint density at radius 1 is 1.11 bits per heavy atom. The van der Waals surface area contributed by atoms with Crippen molar-refractivity contribution in [2.24, 2.45) is 0 Å². The van der Waals surface area contributed by atoms with E-state index in [2.05, 4.69) is 17.6 Å². The summed E-state index contributed by atoms with van der Waals surface area (Å²) < 4.78 is 1.81. The highest BCUT2D eigenvalue weighted by Gasteiger charge is 2.40. The lowest BCUT2D eigenvalue weighted by Crippen LogP contribution is -2.45. The number of benzene rings is 1. The standard InChI is InChI=1S/C28H28ClN5O4/c1-2-25(37)32-10-8-19-26-21(34(31-19)20-7-6-17(12-23(20)35)16-4-3-5-16)9-11-33(22(26)15-32)28(38)18-13-24(36)27(29)30-14-18/h2,6-7,12-14,16,22,35-36H,1,3-5,8-11,15H2/t22-/m0/s1. The average molecular weight is 534 g/mol. The van der Waals surface area contributed by atoms with Gasteiger partial charge in [-0.2, -0.15) is 5.10 Å². The first-order valence-corrected chi connectivity index (χ1v) is 13.2. The Morgan fingerprint density at radius 3 is 2.61 bits per heavy atom. The number of phenolic OH excluding ortho intramolecular Hbond substituents is 1. The van der Waals surface area contributed by atoms with Gasteiger partial charge < -0.3 is 20.0 Å². The van der Waals surface area contributed by atoms with Gasteiger partial charge >= 0.3 is 0 Å². The fourth-order valence-electron chi connectivity index (χ4n) is 5.80. The highest BCUT2D eigenvalue weighted by Crippen LogP contribution is 2.41. The van der Waals surface area contributed by atoms with Crippen molar-refractivity contribution in [3.05, 3.63) is 76.3 Å². The number of carbonyl (C=O) groups excluding carboxylic acids is 2. The van der Waals surface area contributed by atoms with Gasteiger partial charge in [0.2, 0.25) is 5.91 Å². The second-order valence-corrected chi connectivity index (χ2v) is 10.5. The van der Waals surface area contributed by atoms with Gasteiger partial charge in [-0.25, -0.2) is 9.67 Å². The first-order chi connectivity index (χ1) is 18.4. The smallest absolute Gasteiger partial charge is 0.256 e. The third-order valence-electron chi connectivity index (χ3n) is 8.03. The van der Waals surface area contributed by atoms with Gasteiger partial charge in [0.25, 0.3) is 5.91 Å². The number of nitrogens with zero attached hydrogens (tertiary/aromatic N) is 5. The van der Waals surface area contributed by atoms with Crippen molar-refractivity contribution in [3.63, 3.8) is 0 Å². The first-order valence-electron chi connectivity index (χ1n) is 12.9. The predicted octanol–water partition coefficient (Wildman–Crippen LogP) is 3.91. The van der Waals surface area contributed by atoms with Crippen LogP contribution in [0.5, 0.6) is 11.5 Å². The molecule has 38 heavy (non-hydrogen) atoms. The third-order valence-corrected chi connectivity index (χ3v) is 8.32. The summed E-state index contributed by atoms with van der Waals surface area (Å²) in [5, 5.41) is 25.9. The van der Waals surface area contributed by atoms with Crippen LogP contribution in [0.25, 0.3) is 5.69 Å². The number of hydrogen-bond acceptors (Lipinski definition) is 6. The van der Waals surface area contributed by atoms with Crippen LogP contribution < -0.4 is 0 Å². The summed E-state index contributed by atoms with van der Waals surface area (Å²) >= 11 is 5.86. The van der Waals surface area contributed by atoms with E-state index < -0.39 is 6.04 Å². The van der Waals surface area contributed by atoms with Gasteiger partial charge in [0.05, 0.1) is 23.0 Å². The maximum atomic E-state index is 13.6. The summed E-state index contributed by atoms with van der Waals surface area (Å²) in [7, 11) is 0. The van der Waals surface area contributed by atoms with E-state index in [9.17, 15) is 19.8 Å². The Morgan fingerprint density at radius 2 is 1.92 bits per heavy atom. The number of hydrogen-bond donors (Lipinski definition) is 2. The molecule has 1 atom stereocenters. The minimum Gasteiger partial charge on any atom is -0.506 e. The molecule has 2 N–H and O–H groups in total. The summed E-state index contributed by atoms with van der Waals surface area (Å²) in [4.78, 5) is 33.6. The van der Waals surface area contributed by atoms with Crippen LogP contribution in [0.15, 0.2) is 43.1 Å². The van der Waals surface area contributed by atoms with Crippen LogP contribution in [-0.4, -0.2) is 66.2 Å². The zero-order chi connectivity index (χ0) is 26.6. The molecule has 0 bridgehead atoms. The van der Waals surface area contributed by atoms with Gasteiger partial charge in [-0.15, -0.1) is 0 Å². The lowest BCUT2D eigenvalue weighted by atomic mass is 9.80. The molecular weight excluding hydrogens is 506 g/mol. The summed E-state index contributed by atoms with van der Waals surface area (Å²) in [6.07, 6.45) is 7.15. The topological polar surface area (TPSA) is 112 Å². The first kappa shape index (κ1) is 24.5. The molecule has 0 saturated heterocycles. The molecule has 9 nitrogen and oxygen atoms in total. The van der Waals surface area contributed by atoms with Crippen molar-refractivity contribution in [1.82, 2.24) is 24.6 Å². The summed E-state index contributed by atoms with van der Waals surface area (Å²) in [5.41, 5.74) is 4.58. The summed E-state index contributed by atoms with van der Waals surface area (Å²) in [6.45, 7) is 4.71. The van der Waals surface area contributed by atoms with E-state index in [-0.39, 0.29) is 40.6 Å². The molecule has 1 aliphatic carbocycles. The molecule has 10 heteroatoms. The lowest BCUT2D eigenvalue weighted by Gasteiger charge is -2.37. The Balaban J connectivity index is 1.41. The Kier molecular flexibility index (Phi) is 6.10. The van der Waals surface area contributed by atoms with Crippen LogP contribution in [0, 0.1) is 0 Å². The molecule has 196 valence electrons. The molecular formula is C28H28ClN5O4. The quantitative estimate of drug-likeness (QED) is 0.388. The zero-order valence-electron chi connectivity index (χ0n) is 20.8. The summed E-state index contributed by atoms with van der Waals surface area (Å²) in [6, 6.07) is 6.69. The van der Waals surface area contributed by atoms with Gasteiger partial charge in [0.15, 0.2) is 10.9 Å². The molecule has 3 aliphatic rings. The fourth-order valence-corrected chi connectivity index (χ4v) is 5.90. The van der Waals surface area contributed by atoms with E-state index in [1.54, 1.807) is 14.5 Å². The van der Waals surface area contributed by atoms with E-state index in [0.717, 1.165) is 35.4 Å². The lowest BCUT2D eigenvalue weighted by molar-refractivity contribution is -0.126. The van der Waals surface area contributed by atoms with Crippen molar-refractivity contribution >= 4 is 23.4 Å². The van der Waals surface area contributed by atoms with E-state index in [1.807, 2.05) is 12.1 Å². The Bertz CT molecular complexity index is 1460. The molecule has 2 amide bonds. The van der Waals surface area contributed by atoms with Gasteiger partial charge in [-0.05, 0) is 48.6 Å². The van der Waals surface area contributed by atoms with Crippen LogP contribution >= 0.6 is 11.6 Å².